The molecule has 0 aliphatic rings. The van der Waals surface area contributed by atoms with E-state index in [2.05, 4.69) is 64.2 Å². The van der Waals surface area contributed by atoms with Gasteiger partial charge in [-0.1, -0.05) is 43.7 Å². The van der Waals surface area contributed by atoms with Crippen molar-refractivity contribution in [3.05, 3.63) is 35.4 Å². The zero-order valence-electron chi connectivity index (χ0n) is 11.2. The van der Waals surface area contributed by atoms with Crippen molar-refractivity contribution in [3.8, 4) is 0 Å². The van der Waals surface area contributed by atoms with Crippen molar-refractivity contribution in [2.45, 2.75) is 53.1 Å². The molecular weight excluding hydrogens is 194 g/mol. The Labute approximate surface area is 100 Å². The number of hydrogen-bond acceptors (Lipinski definition) is 1. The van der Waals surface area contributed by atoms with Crippen molar-refractivity contribution < 1.29 is 0 Å². The smallest absolute Gasteiger partial charge is 0.0294 e. The molecule has 0 spiro atoms. The molecule has 0 aliphatic heterocycles. The fourth-order valence-electron chi connectivity index (χ4n) is 2.15. The minimum Gasteiger partial charge on any atom is -0.308 e. The van der Waals surface area contributed by atoms with E-state index in [1.165, 1.54) is 17.5 Å². The monoisotopic (exact) mass is 219 g/mol. The molecule has 16 heavy (non-hydrogen) atoms. The molecule has 1 aromatic rings. The van der Waals surface area contributed by atoms with Crippen LogP contribution in [0.15, 0.2) is 24.3 Å². The second-order valence-corrected chi connectivity index (χ2v) is 5.33. The molecule has 1 aromatic carbocycles. The standard InChI is InChI=1S/C15H25N/c1-11(2)10-13(4)16-14(5)15-8-6-12(3)7-9-15/h6-9,11,13-14,16H,10H2,1-5H3/t13?,14-/m1/s1. The summed E-state index contributed by atoms with van der Waals surface area (Å²) in [5.74, 6) is 0.757. The lowest BCUT2D eigenvalue weighted by atomic mass is 10.0. The molecule has 0 radical (unpaired) electrons. The fourth-order valence-corrected chi connectivity index (χ4v) is 2.15. The molecule has 0 saturated carbocycles. The number of nitrogens with one attached hydrogen (secondary N) is 1. The van der Waals surface area contributed by atoms with E-state index in [4.69, 9.17) is 0 Å². The highest BCUT2D eigenvalue weighted by Crippen LogP contribution is 2.15. The van der Waals surface area contributed by atoms with Gasteiger partial charge in [-0.3, -0.25) is 0 Å². The van der Waals surface area contributed by atoms with Gasteiger partial charge in [0.2, 0.25) is 0 Å². The van der Waals surface area contributed by atoms with Crippen molar-refractivity contribution in [1.29, 1.82) is 0 Å². The van der Waals surface area contributed by atoms with Crippen LogP contribution >= 0.6 is 0 Å². The maximum absolute atomic E-state index is 3.65. The first-order valence-corrected chi connectivity index (χ1v) is 6.31. The summed E-state index contributed by atoms with van der Waals surface area (Å²) in [5, 5.41) is 3.65. The van der Waals surface area contributed by atoms with Crippen LogP contribution < -0.4 is 5.32 Å². The molecule has 0 heterocycles. The Morgan fingerprint density at radius 2 is 1.56 bits per heavy atom. The fraction of sp³-hybridized carbons (Fsp3) is 0.600. The molecule has 0 bridgehead atoms. The highest BCUT2D eigenvalue weighted by molar-refractivity contribution is 5.23. The number of hydrogen-bond donors (Lipinski definition) is 1. The van der Waals surface area contributed by atoms with Crippen LogP contribution in [-0.2, 0) is 0 Å². The van der Waals surface area contributed by atoms with Crippen LogP contribution in [0.4, 0.5) is 0 Å². The molecule has 0 aliphatic carbocycles. The van der Waals surface area contributed by atoms with Gasteiger partial charge in [-0.05, 0) is 38.7 Å². The molecule has 0 saturated heterocycles. The second-order valence-electron chi connectivity index (χ2n) is 5.33. The molecular formula is C15H25N. The van der Waals surface area contributed by atoms with E-state index >= 15 is 0 Å². The minimum atomic E-state index is 0.439. The van der Waals surface area contributed by atoms with E-state index in [1.807, 2.05) is 0 Å². The molecule has 1 rings (SSSR count). The van der Waals surface area contributed by atoms with Gasteiger partial charge in [-0.25, -0.2) is 0 Å². The van der Waals surface area contributed by atoms with Gasteiger partial charge in [0.1, 0.15) is 0 Å². The predicted molar refractivity (Wildman–Crippen MR) is 71.6 cm³/mol. The third-order valence-corrected chi connectivity index (χ3v) is 2.94. The predicted octanol–water partition coefficient (Wildman–Crippen LogP) is 4.08. The summed E-state index contributed by atoms with van der Waals surface area (Å²) < 4.78 is 0. The molecule has 90 valence electrons. The van der Waals surface area contributed by atoms with Gasteiger partial charge in [0.05, 0.1) is 0 Å². The molecule has 1 unspecified atom stereocenters. The van der Waals surface area contributed by atoms with Gasteiger partial charge in [-0.15, -0.1) is 0 Å². The van der Waals surface area contributed by atoms with Crippen LogP contribution in [0.2, 0.25) is 0 Å². The first-order valence-electron chi connectivity index (χ1n) is 6.31. The average Bonchev–Trinajstić information content (AvgIpc) is 2.16. The lowest BCUT2D eigenvalue weighted by Crippen LogP contribution is -2.30. The van der Waals surface area contributed by atoms with E-state index in [1.54, 1.807) is 0 Å². The highest BCUT2D eigenvalue weighted by Gasteiger charge is 2.10. The Morgan fingerprint density at radius 1 is 1.00 bits per heavy atom. The Balaban J connectivity index is 2.51. The molecule has 0 aromatic heterocycles. The van der Waals surface area contributed by atoms with Crippen molar-refractivity contribution in [1.82, 2.24) is 5.32 Å². The zero-order chi connectivity index (χ0) is 12.1. The van der Waals surface area contributed by atoms with E-state index in [-0.39, 0.29) is 0 Å². The maximum Gasteiger partial charge on any atom is 0.0294 e. The number of rotatable bonds is 5. The van der Waals surface area contributed by atoms with Gasteiger partial charge in [-0.2, -0.15) is 0 Å². The van der Waals surface area contributed by atoms with Gasteiger partial charge >= 0.3 is 0 Å². The Bertz CT molecular complexity index is 300. The molecule has 1 nitrogen and oxygen atoms in total. The van der Waals surface area contributed by atoms with Crippen LogP contribution in [0.1, 0.15) is 51.3 Å². The molecule has 1 heteroatoms. The lowest BCUT2D eigenvalue weighted by molar-refractivity contribution is 0.407. The zero-order valence-corrected chi connectivity index (χ0v) is 11.2. The molecule has 0 fully saturated rings. The summed E-state index contributed by atoms with van der Waals surface area (Å²) >= 11 is 0. The van der Waals surface area contributed by atoms with Gasteiger partial charge in [0, 0.05) is 12.1 Å². The number of benzene rings is 1. The van der Waals surface area contributed by atoms with Gasteiger partial charge in [0.25, 0.3) is 0 Å². The topological polar surface area (TPSA) is 12.0 Å². The van der Waals surface area contributed by atoms with Crippen molar-refractivity contribution in [2.24, 2.45) is 5.92 Å². The molecule has 2 atom stereocenters. The normalized spacial score (nSPS) is 15.1. The third-order valence-electron chi connectivity index (χ3n) is 2.94. The maximum atomic E-state index is 3.65. The summed E-state index contributed by atoms with van der Waals surface area (Å²) in [7, 11) is 0. The Kier molecular flexibility index (Phi) is 5.01. The van der Waals surface area contributed by atoms with Crippen molar-refractivity contribution in [3.63, 3.8) is 0 Å². The van der Waals surface area contributed by atoms with Gasteiger partial charge in [0.15, 0.2) is 0 Å². The summed E-state index contributed by atoms with van der Waals surface area (Å²) in [5.41, 5.74) is 2.70. The van der Waals surface area contributed by atoms with E-state index in [0.29, 0.717) is 12.1 Å². The van der Waals surface area contributed by atoms with Crippen molar-refractivity contribution >= 4 is 0 Å². The Hall–Kier alpha value is -0.820. The molecule has 1 N–H and O–H groups in total. The summed E-state index contributed by atoms with van der Waals surface area (Å²) in [6.07, 6.45) is 1.23. The SMILES string of the molecule is Cc1ccc([C@@H](C)NC(C)CC(C)C)cc1. The minimum absolute atomic E-state index is 0.439. The quantitative estimate of drug-likeness (QED) is 0.787. The van der Waals surface area contributed by atoms with Crippen LogP contribution in [0.25, 0.3) is 0 Å². The van der Waals surface area contributed by atoms with E-state index in [0.717, 1.165) is 5.92 Å². The third kappa shape index (κ3) is 4.36. The number of aryl methyl sites for hydroxylation is 1. The summed E-state index contributed by atoms with van der Waals surface area (Å²) in [6.45, 7) is 11.2. The summed E-state index contributed by atoms with van der Waals surface area (Å²) in [6, 6.07) is 9.82. The second kappa shape index (κ2) is 6.05. The first kappa shape index (κ1) is 13.2. The van der Waals surface area contributed by atoms with Crippen LogP contribution in [0.5, 0.6) is 0 Å². The van der Waals surface area contributed by atoms with Crippen LogP contribution in [0.3, 0.4) is 0 Å². The van der Waals surface area contributed by atoms with Crippen molar-refractivity contribution in [2.75, 3.05) is 0 Å². The van der Waals surface area contributed by atoms with Gasteiger partial charge < -0.3 is 5.32 Å². The highest BCUT2D eigenvalue weighted by atomic mass is 14.9. The average molecular weight is 219 g/mol. The lowest BCUT2D eigenvalue weighted by Gasteiger charge is -2.21. The first-order chi connectivity index (χ1) is 7.49. The molecule has 0 amide bonds. The Morgan fingerprint density at radius 3 is 2.06 bits per heavy atom. The van der Waals surface area contributed by atoms with Crippen LogP contribution in [0, 0.1) is 12.8 Å². The van der Waals surface area contributed by atoms with E-state index in [9.17, 15) is 0 Å². The largest absolute Gasteiger partial charge is 0.308 e. The van der Waals surface area contributed by atoms with Crippen LogP contribution in [-0.4, -0.2) is 6.04 Å². The van der Waals surface area contributed by atoms with E-state index < -0.39 is 0 Å². The summed E-state index contributed by atoms with van der Waals surface area (Å²) in [4.78, 5) is 0.